The normalized spacial score (nSPS) is 10.3. The number of nitriles is 1. The lowest BCUT2D eigenvalue weighted by molar-refractivity contribution is 0.409. The fourth-order valence-electron chi connectivity index (χ4n) is 1.73. The molecule has 0 fully saturated rings. The summed E-state index contributed by atoms with van der Waals surface area (Å²) in [7, 11) is 1.66. The van der Waals surface area contributed by atoms with Crippen molar-refractivity contribution in [3.05, 3.63) is 22.2 Å². The van der Waals surface area contributed by atoms with E-state index in [-0.39, 0.29) is 0 Å². The number of hydrogen-bond acceptors (Lipinski definition) is 4. The summed E-state index contributed by atoms with van der Waals surface area (Å²) in [5.41, 5.74) is 3.00. The molecule has 0 unspecified atom stereocenters. The molecule has 76 valence electrons. The van der Waals surface area contributed by atoms with Crippen LogP contribution in [0.15, 0.2) is 6.07 Å². The number of fused-ring (bicyclic) bond motifs is 1. The Morgan fingerprint density at radius 2 is 2.20 bits per heavy atom. The van der Waals surface area contributed by atoms with Crippen molar-refractivity contribution in [2.24, 2.45) is 0 Å². The molecule has 0 amide bonds. The van der Waals surface area contributed by atoms with Crippen LogP contribution < -0.4 is 4.74 Å². The molecule has 0 radical (unpaired) electrons. The maximum absolute atomic E-state index is 8.79. The second-order valence-electron chi connectivity index (χ2n) is 3.33. The Morgan fingerprint density at radius 1 is 1.47 bits per heavy atom. The van der Waals surface area contributed by atoms with Crippen LogP contribution in [0.2, 0.25) is 0 Å². The molecule has 4 heteroatoms. The number of rotatable bonds is 1. The molecule has 3 nitrogen and oxygen atoms in total. The van der Waals surface area contributed by atoms with Crippen LogP contribution >= 0.6 is 11.3 Å². The van der Waals surface area contributed by atoms with E-state index in [4.69, 9.17) is 10.00 Å². The number of aromatic nitrogens is 1. The van der Waals surface area contributed by atoms with Crippen LogP contribution in [0.25, 0.3) is 10.2 Å². The topological polar surface area (TPSA) is 45.9 Å². The number of thiazole rings is 1. The van der Waals surface area contributed by atoms with Crippen molar-refractivity contribution in [2.75, 3.05) is 7.11 Å². The quantitative estimate of drug-likeness (QED) is 0.739. The minimum absolute atomic E-state index is 0.501. The molecule has 0 saturated carbocycles. The first kappa shape index (κ1) is 9.94. The van der Waals surface area contributed by atoms with E-state index in [0.717, 1.165) is 27.1 Å². The Morgan fingerprint density at radius 3 is 2.80 bits per heavy atom. The third-order valence-corrected chi connectivity index (χ3v) is 3.44. The van der Waals surface area contributed by atoms with Gasteiger partial charge >= 0.3 is 0 Å². The Hall–Kier alpha value is -1.60. The molecule has 1 heterocycles. The first-order valence-corrected chi connectivity index (χ1v) is 5.34. The number of benzene rings is 1. The zero-order chi connectivity index (χ0) is 11.0. The summed E-state index contributed by atoms with van der Waals surface area (Å²) in [6.45, 7) is 3.98. The van der Waals surface area contributed by atoms with Gasteiger partial charge in [-0.05, 0) is 25.5 Å². The zero-order valence-electron chi connectivity index (χ0n) is 8.79. The van der Waals surface area contributed by atoms with Gasteiger partial charge in [0.2, 0.25) is 0 Å². The zero-order valence-corrected chi connectivity index (χ0v) is 9.60. The van der Waals surface area contributed by atoms with E-state index in [1.807, 2.05) is 19.9 Å². The minimum atomic E-state index is 0.501. The summed E-state index contributed by atoms with van der Waals surface area (Å²) in [5.74, 6) is 0.885. The summed E-state index contributed by atoms with van der Waals surface area (Å²) in [5, 5.41) is 9.29. The molecule has 0 atom stereocenters. The van der Waals surface area contributed by atoms with Crippen molar-refractivity contribution in [1.29, 1.82) is 5.26 Å². The van der Waals surface area contributed by atoms with Crippen molar-refractivity contribution < 1.29 is 4.74 Å². The van der Waals surface area contributed by atoms with Crippen molar-refractivity contribution >= 4 is 21.6 Å². The molecule has 15 heavy (non-hydrogen) atoms. The molecule has 0 saturated heterocycles. The summed E-state index contributed by atoms with van der Waals surface area (Å²) in [6.07, 6.45) is 0. The Kier molecular flexibility index (Phi) is 2.33. The highest BCUT2D eigenvalue weighted by Crippen LogP contribution is 2.34. The third-order valence-electron chi connectivity index (χ3n) is 2.35. The van der Waals surface area contributed by atoms with Gasteiger partial charge in [0.15, 0.2) is 5.01 Å². The van der Waals surface area contributed by atoms with Gasteiger partial charge in [0.25, 0.3) is 0 Å². The van der Waals surface area contributed by atoms with E-state index in [1.54, 1.807) is 7.11 Å². The highest BCUT2D eigenvalue weighted by Gasteiger charge is 2.12. The van der Waals surface area contributed by atoms with Crippen LogP contribution in [0.5, 0.6) is 5.75 Å². The first-order chi connectivity index (χ1) is 7.17. The molecule has 0 bridgehead atoms. The lowest BCUT2D eigenvalue weighted by Crippen LogP contribution is -1.90. The van der Waals surface area contributed by atoms with E-state index in [1.165, 1.54) is 11.3 Å². The first-order valence-electron chi connectivity index (χ1n) is 4.52. The molecule has 0 aliphatic rings. The van der Waals surface area contributed by atoms with Crippen molar-refractivity contribution in [3.8, 4) is 11.8 Å². The van der Waals surface area contributed by atoms with Crippen molar-refractivity contribution in [2.45, 2.75) is 13.8 Å². The number of methoxy groups -OCH3 is 1. The van der Waals surface area contributed by atoms with E-state index in [2.05, 4.69) is 11.1 Å². The molecule has 0 aliphatic carbocycles. The number of aryl methyl sites for hydroxylation is 2. The van der Waals surface area contributed by atoms with Gasteiger partial charge in [-0.1, -0.05) is 0 Å². The summed E-state index contributed by atoms with van der Waals surface area (Å²) in [4.78, 5) is 4.23. The number of ether oxygens (including phenoxy) is 1. The molecular weight excluding hydrogens is 208 g/mol. The third kappa shape index (κ3) is 1.45. The molecule has 1 aromatic carbocycles. The van der Waals surface area contributed by atoms with Crippen LogP contribution in [0.3, 0.4) is 0 Å². The molecule has 1 aromatic heterocycles. The predicted molar refractivity (Wildman–Crippen MR) is 60.4 cm³/mol. The molecule has 0 spiro atoms. The van der Waals surface area contributed by atoms with E-state index in [0.29, 0.717) is 5.01 Å². The fourth-order valence-corrected chi connectivity index (χ4v) is 2.57. The van der Waals surface area contributed by atoms with E-state index < -0.39 is 0 Å². The highest BCUT2D eigenvalue weighted by atomic mass is 32.1. The summed E-state index contributed by atoms with van der Waals surface area (Å²) < 4.78 is 6.36. The van der Waals surface area contributed by atoms with Crippen LogP contribution in [0.4, 0.5) is 0 Å². The minimum Gasteiger partial charge on any atom is -0.496 e. The molecule has 0 aliphatic heterocycles. The van der Waals surface area contributed by atoms with E-state index in [9.17, 15) is 0 Å². The lowest BCUT2D eigenvalue weighted by atomic mass is 10.1. The largest absolute Gasteiger partial charge is 0.496 e. The Bertz CT molecular complexity index is 566. The van der Waals surface area contributed by atoms with Gasteiger partial charge < -0.3 is 4.74 Å². The molecule has 2 rings (SSSR count). The monoisotopic (exact) mass is 218 g/mol. The molecule has 0 N–H and O–H groups in total. The Balaban J connectivity index is 2.83. The van der Waals surface area contributed by atoms with Gasteiger partial charge in [0.05, 0.1) is 17.3 Å². The van der Waals surface area contributed by atoms with Crippen LogP contribution in [0, 0.1) is 25.2 Å². The fraction of sp³-hybridized carbons (Fsp3) is 0.273. The van der Waals surface area contributed by atoms with Crippen LogP contribution in [0.1, 0.15) is 16.1 Å². The summed E-state index contributed by atoms with van der Waals surface area (Å²) >= 11 is 1.41. The smallest absolute Gasteiger partial charge is 0.195 e. The predicted octanol–water partition coefficient (Wildman–Crippen LogP) is 2.79. The second kappa shape index (κ2) is 3.52. The standard InChI is InChI=1S/C11H10N2OS/c1-6-4-8-11(7(2)10(6)14-3)15-9(5-12)13-8/h4H,1-3H3. The van der Waals surface area contributed by atoms with Crippen molar-refractivity contribution in [3.63, 3.8) is 0 Å². The Labute approximate surface area is 91.9 Å². The van der Waals surface area contributed by atoms with Crippen LogP contribution in [-0.4, -0.2) is 12.1 Å². The maximum Gasteiger partial charge on any atom is 0.195 e. The average molecular weight is 218 g/mol. The van der Waals surface area contributed by atoms with Crippen molar-refractivity contribution in [1.82, 2.24) is 4.98 Å². The number of nitrogens with zero attached hydrogens (tertiary/aromatic N) is 2. The van der Waals surface area contributed by atoms with Gasteiger partial charge in [0, 0.05) is 5.56 Å². The van der Waals surface area contributed by atoms with Crippen LogP contribution in [-0.2, 0) is 0 Å². The maximum atomic E-state index is 8.79. The van der Waals surface area contributed by atoms with Gasteiger partial charge in [-0.25, -0.2) is 4.98 Å². The molecular formula is C11H10N2OS. The number of hydrogen-bond donors (Lipinski definition) is 0. The van der Waals surface area contributed by atoms with Gasteiger partial charge in [-0.3, -0.25) is 0 Å². The molecule has 2 aromatic rings. The highest BCUT2D eigenvalue weighted by molar-refractivity contribution is 7.19. The second-order valence-corrected chi connectivity index (χ2v) is 4.33. The summed E-state index contributed by atoms with van der Waals surface area (Å²) in [6, 6.07) is 4.02. The van der Waals surface area contributed by atoms with Gasteiger partial charge in [-0.15, -0.1) is 11.3 Å². The average Bonchev–Trinajstić information content (AvgIpc) is 2.61. The lowest BCUT2D eigenvalue weighted by Gasteiger charge is -2.08. The van der Waals surface area contributed by atoms with Gasteiger partial charge in [0.1, 0.15) is 11.8 Å². The van der Waals surface area contributed by atoms with E-state index >= 15 is 0 Å². The van der Waals surface area contributed by atoms with Gasteiger partial charge in [-0.2, -0.15) is 5.26 Å². The SMILES string of the molecule is COc1c(C)cc2nc(C#N)sc2c1C.